The lowest BCUT2D eigenvalue weighted by molar-refractivity contribution is -0.142. The lowest BCUT2D eigenvalue weighted by Crippen LogP contribution is -2.37. The number of alkyl halides is 2. The van der Waals surface area contributed by atoms with E-state index in [4.69, 9.17) is 6.42 Å². The zero-order valence-electron chi connectivity index (χ0n) is 7.17. The topological polar surface area (TPSA) is 20.3 Å². The first kappa shape index (κ1) is 9.97. The second-order valence-electron chi connectivity index (χ2n) is 3.17. The Morgan fingerprint density at radius 3 is 2.62 bits per heavy atom. The Hall–Kier alpha value is -1.11. The van der Waals surface area contributed by atoms with Gasteiger partial charge in [0.25, 0.3) is 5.91 Å². The second-order valence-corrected chi connectivity index (χ2v) is 3.17. The maximum absolute atomic E-state index is 12.0. The van der Waals surface area contributed by atoms with Crippen molar-refractivity contribution in [1.82, 2.24) is 4.90 Å². The van der Waals surface area contributed by atoms with Crippen LogP contribution in [0.15, 0.2) is 0 Å². The van der Waals surface area contributed by atoms with Crippen molar-refractivity contribution in [2.24, 2.45) is 5.92 Å². The zero-order valence-corrected chi connectivity index (χ0v) is 7.17. The van der Waals surface area contributed by atoms with E-state index >= 15 is 0 Å². The molecule has 1 saturated carbocycles. The van der Waals surface area contributed by atoms with Gasteiger partial charge in [-0.2, -0.15) is 8.78 Å². The van der Waals surface area contributed by atoms with Crippen LogP contribution in [0, 0.1) is 18.3 Å². The summed E-state index contributed by atoms with van der Waals surface area (Å²) in [7, 11) is 0. The number of carbonyl (C=O) groups excluding carboxylic acids is 1. The molecule has 4 heteroatoms. The quantitative estimate of drug-likeness (QED) is 0.604. The highest BCUT2D eigenvalue weighted by Crippen LogP contribution is 2.29. The van der Waals surface area contributed by atoms with Crippen molar-refractivity contribution < 1.29 is 13.6 Å². The van der Waals surface area contributed by atoms with Crippen LogP contribution in [0.25, 0.3) is 0 Å². The molecule has 0 N–H and O–H groups in total. The van der Waals surface area contributed by atoms with E-state index in [2.05, 4.69) is 5.92 Å². The SMILES string of the molecule is C#CCN(CC1CC1)C(=O)C(F)F. The molecule has 72 valence electrons. The average molecular weight is 187 g/mol. The largest absolute Gasteiger partial charge is 0.326 e. The molecule has 0 aromatic heterocycles. The molecule has 0 bridgehead atoms. The fraction of sp³-hybridized carbons (Fsp3) is 0.667. The highest BCUT2D eigenvalue weighted by molar-refractivity contribution is 5.79. The minimum absolute atomic E-state index is 0.0142. The van der Waals surface area contributed by atoms with Crippen LogP contribution in [0.3, 0.4) is 0 Å². The van der Waals surface area contributed by atoms with Gasteiger partial charge in [0.2, 0.25) is 0 Å². The number of carbonyl (C=O) groups is 1. The third-order valence-corrected chi connectivity index (χ3v) is 1.96. The van der Waals surface area contributed by atoms with Crippen molar-refractivity contribution >= 4 is 5.91 Å². The van der Waals surface area contributed by atoms with Gasteiger partial charge in [0.1, 0.15) is 0 Å². The molecule has 0 aromatic rings. The molecule has 0 heterocycles. The highest BCUT2D eigenvalue weighted by Gasteiger charge is 2.29. The van der Waals surface area contributed by atoms with Crippen molar-refractivity contribution in [3.63, 3.8) is 0 Å². The first-order chi connectivity index (χ1) is 6.15. The van der Waals surface area contributed by atoms with Crippen LogP contribution in [0.2, 0.25) is 0 Å². The van der Waals surface area contributed by atoms with Crippen molar-refractivity contribution in [2.75, 3.05) is 13.1 Å². The lowest BCUT2D eigenvalue weighted by atomic mass is 10.3. The average Bonchev–Trinajstić information content (AvgIpc) is 2.86. The minimum atomic E-state index is -2.94. The number of amides is 1. The van der Waals surface area contributed by atoms with Gasteiger partial charge < -0.3 is 4.90 Å². The number of halogens is 2. The standard InChI is InChI=1S/C9H11F2NO/c1-2-5-12(6-7-3-4-7)9(13)8(10)11/h1,7-8H,3-6H2. The summed E-state index contributed by atoms with van der Waals surface area (Å²) in [6, 6.07) is 0. The van der Waals surface area contributed by atoms with Gasteiger partial charge in [0.05, 0.1) is 6.54 Å². The van der Waals surface area contributed by atoms with E-state index in [1.54, 1.807) is 0 Å². The molecular formula is C9H11F2NO. The van der Waals surface area contributed by atoms with Crippen LogP contribution >= 0.6 is 0 Å². The number of nitrogens with zero attached hydrogens (tertiary/aromatic N) is 1. The molecule has 1 amide bonds. The monoisotopic (exact) mass is 187 g/mol. The van der Waals surface area contributed by atoms with Crippen LogP contribution < -0.4 is 0 Å². The Balaban J connectivity index is 2.45. The summed E-state index contributed by atoms with van der Waals surface area (Å²) >= 11 is 0. The number of rotatable bonds is 4. The number of hydrogen-bond acceptors (Lipinski definition) is 1. The highest BCUT2D eigenvalue weighted by atomic mass is 19.3. The molecule has 1 aliphatic carbocycles. The smallest absolute Gasteiger partial charge is 0.315 e. The Morgan fingerprint density at radius 2 is 2.23 bits per heavy atom. The van der Waals surface area contributed by atoms with Crippen molar-refractivity contribution in [2.45, 2.75) is 19.3 Å². The van der Waals surface area contributed by atoms with Crippen LogP contribution in [0.4, 0.5) is 8.78 Å². The zero-order chi connectivity index (χ0) is 9.84. The van der Waals surface area contributed by atoms with Gasteiger partial charge in [0.15, 0.2) is 0 Å². The van der Waals surface area contributed by atoms with Crippen molar-refractivity contribution in [1.29, 1.82) is 0 Å². The molecule has 0 radical (unpaired) electrons. The van der Waals surface area contributed by atoms with Crippen LogP contribution in [-0.2, 0) is 4.79 Å². The Kier molecular flexibility index (Phi) is 3.24. The van der Waals surface area contributed by atoms with E-state index in [1.165, 1.54) is 0 Å². The third kappa shape index (κ3) is 3.02. The van der Waals surface area contributed by atoms with E-state index in [0.717, 1.165) is 17.7 Å². The molecule has 2 nitrogen and oxygen atoms in total. The predicted octanol–water partition coefficient (Wildman–Crippen LogP) is 1.12. The Labute approximate surface area is 75.9 Å². The third-order valence-electron chi connectivity index (χ3n) is 1.96. The van der Waals surface area contributed by atoms with Gasteiger partial charge in [-0.05, 0) is 18.8 Å². The van der Waals surface area contributed by atoms with Crippen molar-refractivity contribution in [3.8, 4) is 12.3 Å². The summed E-state index contributed by atoms with van der Waals surface area (Å²) in [5.74, 6) is 1.45. The number of hydrogen-bond donors (Lipinski definition) is 0. The summed E-state index contributed by atoms with van der Waals surface area (Å²) in [6.07, 6.45) is 4.06. The summed E-state index contributed by atoms with van der Waals surface area (Å²) in [6.45, 7) is 0.368. The maximum Gasteiger partial charge on any atom is 0.315 e. The molecule has 0 atom stereocenters. The van der Waals surface area contributed by atoms with E-state index in [0.29, 0.717) is 12.5 Å². The normalized spacial score (nSPS) is 15.5. The molecule has 0 unspecified atom stereocenters. The van der Waals surface area contributed by atoms with Crippen LogP contribution in [0.1, 0.15) is 12.8 Å². The fourth-order valence-electron chi connectivity index (χ4n) is 1.09. The molecule has 1 rings (SSSR count). The van der Waals surface area contributed by atoms with E-state index < -0.39 is 12.3 Å². The minimum Gasteiger partial charge on any atom is -0.326 e. The lowest BCUT2D eigenvalue weighted by Gasteiger charge is -2.19. The molecule has 13 heavy (non-hydrogen) atoms. The first-order valence-electron chi connectivity index (χ1n) is 4.15. The van der Waals surface area contributed by atoms with Gasteiger partial charge in [-0.3, -0.25) is 4.79 Å². The first-order valence-corrected chi connectivity index (χ1v) is 4.15. The molecule has 0 spiro atoms. The van der Waals surface area contributed by atoms with Crippen LogP contribution in [-0.4, -0.2) is 30.3 Å². The van der Waals surface area contributed by atoms with Gasteiger partial charge >= 0.3 is 6.43 Å². The fourth-order valence-corrected chi connectivity index (χ4v) is 1.09. The predicted molar refractivity (Wildman–Crippen MR) is 44.1 cm³/mol. The molecule has 1 aliphatic rings. The molecular weight excluding hydrogens is 176 g/mol. The van der Waals surface area contributed by atoms with Crippen molar-refractivity contribution in [3.05, 3.63) is 0 Å². The van der Waals surface area contributed by atoms with Gasteiger partial charge in [-0.15, -0.1) is 6.42 Å². The van der Waals surface area contributed by atoms with Crippen LogP contribution in [0.5, 0.6) is 0 Å². The summed E-state index contributed by atoms with van der Waals surface area (Å²) < 4.78 is 24.0. The summed E-state index contributed by atoms with van der Waals surface area (Å²) in [5.41, 5.74) is 0. The summed E-state index contributed by atoms with van der Waals surface area (Å²) in [4.78, 5) is 11.9. The van der Waals surface area contributed by atoms with Gasteiger partial charge in [-0.25, -0.2) is 0 Å². The summed E-state index contributed by atoms with van der Waals surface area (Å²) in [5, 5.41) is 0. The van der Waals surface area contributed by atoms with Gasteiger partial charge in [0, 0.05) is 6.54 Å². The number of terminal acetylenes is 1. The van der Waals surface area contributed by atoms with Gasteiger partial charge in [-0.1, -0.05) is 5.92 Å². The molecule has 0 aliphatic heterocycles. The van der Waals surface area contributed by atoms with E-state index in [9.17, 15) is 13.6 Å². The van der Waals surface area contributed by atoms with E-state index in [1.807, 2.05) is 0 Å². The Bertz CT molecular complexity index is 230. The molecule has 1 fully saturated rings. The maximum atomic E-state index is 12.0. The Morgan fingerprint density at radius 1 is 1.62 bits per heavy atom. The van der Waals surface area contributed by atoms with E-state index in [-0.39, 0.29) is 6.54 Å². The molecule has 0 aromatic carbocycles. The molecule has 0 saturated heterocycles. The second kappa shape index (κ2) is 4.22.